The number of nitrogens with two attached hydrogens (primary N) is 2. The van der Waals surface area contributed by atoms with Crippen LogP contribution in [-0.4, -0.2) is 79.1 Å². The second-order valence-corrected chi connectivity index (χ2v) is 6.33. The molecule has 26 heavy (non-hydrogen) atoms. The summed E-state index contributed by atoms with van der Waals surface area (Å²) in [6.45, 7) is -1.61. The molecule has 10 nitrogen and oxygen atoms in total. The van der Waals surface area contributed by atoms with Gasteiger partial charge in [0.2, 0.25) is 0 Å². The fourth-order valence-corrected chi connectivity index (χ4v) is 2.97. The van der Waals surface area contributed by atoms with Gasteiger partial charge in [-0.05, 0) is 7.05 Å². The molecule has 0 amide bonds. The van der Waals surface area contributed by atoms with Crippen molar-refractivity contribution in [2.45, 2.75) is 37.0 Å². The standard InChI is InChI=1S/C14H21F2N7O3/c1-22(4-14(15,16)3-17)13(25)10-7(24)2-8(26-10)23-6-21-9-11(18)19-5-20-12(9)23/h5-8,10,13,24-25H,2-4,17H2,1H3,(H2,18,19,20)/t7-,8+,10-,13?/m0/s1. The van der Waals surface area contributed by atoms with Crippen molar-refractivity contribution in [2.75, 3.05) is 25.9 Å². The van der Waals surface area contributed by atoms with E-state index in [2.05, 4.69) is 15.0 Å². The number of nitrogens with zero attached hydrogens (tertiary/aromatic N) is 5. The fourth-order valence-electron chi connectivity index (χ4n) is 2.97. The molecular weight excluding hydrogens is 352 g/mol. The van der Waals surface area contributed by atoms with E-state index in [1.54, 1.807) is 4.57 Å². The second-order valence-electron chi connectivity index (χ2n) is 6.33. The lowest BCUT2D eigenvalue weighted by Gasteiger charge is -2.31. The molecule has 1 aliphatic rings. The van der Waals surface area contributed by atoms with Gasteiger partial charge in [0.15, 0.2) is 11.5 Å². The summed E-state index contributed by atoms with van der Waals surface area (Å²) in [6, 6.07) is 0. The molecule has 0 aromatic carbocycles. The number of likely N-dealkylation sites (N-methyl/N-ethyl adjacent to an activating group) is 1. The van der Waals surface area contributed by atoms with Crippen molar-refractivity contribution in [3.63, 3.8) is 0 Å². The average Bonchev–Trinajstić information content (AvgIpc) is 3.18. The predicted octanol–water partition coefficient (Wildman–Crippen LogP) is -1.10. The number of hydrogen-bond acceptors (Lipinski definition) is 9. The van der Waals surface area contributed by atoms with Crippen LogP contribution in [0.15, 0.2) is 12.7 Å². The van der Waals surface area contributed by atoms with Gasteiger partial charge in [-0.3, -0.25) is 9.47 Å². The van der Waals surface area contributed by atoms with Crippen LogP contribution in [-0.2, 0) is 4.74 Å². The van der Waals surface area contributed by atoms with Crippen molar-refractivity contribution < 1.29 is 23.7 Å². The highest BCUT2D eigenvalue weighted by molar-refractivity contribution is 5.81. The number of hydrogen-bond donors (Lipinski definition) is 4. The lowest BCUT2D eigenvalue weighted by Crippen LogP contribution is -2.51. The van der Waals surface area contributed by atoms with E-state index in [0.29, 0.717) is 11.2 Å². The Balaban J connectivity index is 1.75. The first kappa shape index (κ1) is 18.8. The number of rotatable bonds is 6. The van der Waals surface area contributed by atoms with Crippen molar-refractivity contribution >= 4 is 17.0 Å². The molecule has 1 aliphatic heterocycles. The first-order valence-corrected chi connectivity index (χ1v) is 7.96. The SMILES string of the molecule is CN(CC(F)(F)CN)C(O)[C@H]1O[C@@H](n2cnc3c(N)ncnc32)C[C@@H]1O. The minimum absolute atomic E-state index is 0.123. The molecule has 1 saturated heterocycles. The van der Waals surface area contributed by atoms with E-state index in [1.165, 1.54) is 19.7 Å². The molecule has 0 aliphatic carbocycles. The van der Waals surface area contributed by atoms with E-state index < -0.39 is 43.7 Å². The Morgan fingerprint density at radius 2 is 2.19 bits per heavy atom. The molecule has 6 N–H and O–H groups in total. The molecule has 2 aromatic heterocycles. The van der Waals surface area contributed by atoms with Crippen LogP contribution in [0.4, 0.5) is 14.6 Å². The zero-order valence-electron chi connectivity index (χ0n) is 14.0. The molecule has 0 bridgehead atoms. The summed E-state index contributed by atoms with van der Waals surface area (Å²) in [6.07, 6.45) is -1.45. The summed E-state index contributed by atoms with van der Waals surface area (Å²) < 4.78 is 34.1. The van der Waals surface area contributed by atoms with Gasteiger partial charge in [-0.15, -0.1) is 0 Å². The molecule has 12 heteroatoms. The summed E-state index contributed by atoms with van der Waals surface area (Å²) in [5.41, 5.74) is 11.5. The minimum Gasteiger partial charge on any atom is -0.390 e. The minimum atomic E-state index is -3.16. The summed E-state index contributed by atoms with van der Waals surface area (Å²) in [4.78, 5) is 13.1. The Bertz CT molecular complexity index is 774. The van der Waals surface area contributed by atoms with E-state index in [1.807, 2.05) is 0 Å². The lowest BCUT2D eigenvalue weighted by atomic mass is 10.1. The quantitative estimate of drug-likeness (QED) is 0.463. The third-order valence-corrected chi connectivity index (χ3v) is 4.36. The van der Waals surface area contributed by atoms with Gasteiger partial charge in [0.05, 0.1) is 25.5 Å². The summed E-state index contributed by atoms with van der Waals surface area (Å²) >= 11 is 0. The van der Waals surface area contributed by atoms with E-state index in [9.17, 15) is 19.0 Å². The Labute approximate surface area is 147 Å². The molecule has 2 aromatic rings. The normalized spacial score (nSPS) is 25.3. The van der Waals surface area contributed by atoms with E-state index in [0.717, 1.165) is 4.90 Å². The maximum absolute atomic E-state index is 13.4. The van der Waals surface area contributed by atoms with Crippen LogP contribution in [0.1, 0.15) is 12.6 Å². The van der Waals surface area contributed by atoms with Crippen molar-refractivity contribution in [3.05, 3.63) is 12.7 Å². The van der Waals surface area contributed by atoms with Crippen molar-refractivity contribution in [2.24, 2.45) is 5.73 Å². The number of aliphatic hydroxyl groups excluding tert-OH is 2. The molecule has 3 heterocycles. The number of aromatic nitrogens is 4. The predicted molar refractivity (Wildman–Crippen MR) is 86.9 cm³/mol. The zero-order valence-corrected chi connectivity index (χ0v) is 14.0. The highest BCUT2D eigenvalue weighted by Gasteiger charge is 2.43. The second kappa shape index (κ2) is 6.96. The lowest BCUT2D eigenvalue weighted by molar-refractivity contribution is -0.150. The van der Waals surface area contributed by atoms with Gasteiger partial charge >= 0.3 is 0 Å². The number of ether oxygens (including phenoxy) is 1. The van der Waals surface area contributed by atoms with Crippen LogP contribution in [0.5, 0.6) is 0 Å². The van der Waals surface area contributed by atoms with Gasteiger partial charge in [0, 0.05) is 6.42 Å². The molecule has 0 radical (unpaired) electrons. The summed E-state index contributed by atoms with van der Waals surface area (Å²) in [5, 5.41) is 20.6. The number of anilines is 1. The monoisotopic (exact) mass is 373 g/mol. The topological polar surface area (TPSA) is 149 Å². The van der Waals surface area contributed by atoms with Gasteiger partial charge in [0.1, 0.15) is 30.4 Å². The highest BCUT2D eigenvalue weighted by atomic mass is 19.3. The number of aliphatic hydroxyl groups is 2. The highest BCUT2D eigenvalue weighted by Crippen LogP contribution is 2.33. The van der Waals surface area contributed by atoms with Crippen LogP contribution in [0.25, 0.3) is 11.2 Å². The van der Waals surface area contributed by atoms with Crippen LogP contribution >= 0.6 is 0 Å². The molecule has 0 spiro atoms. The van der Waals surface area contributed by atoms with Gasteiger partial charge in [-0.2, -0.15) is 0 Å². The van der Waals surface area contributed by atoms with Crippen LogP contribution < -0.4 is 11.5 Å². The van der Waals surface area contributed by atoms with Crippen LogP contribution in [0.3, 0.4) is 0 Å². The summed E-state index contributed by atoms with van der Waals surface area (Å²) in [7, 11) is 1.30. The van der Waals surface area contributed by atoms with E-state index in [-0.39, 0.29) is 12.2 Å². The number of halogens is 2. The van der Waals surface area contributed by atoms with Crippen LogP contribution in [0, 0.1) is 0 Å². The van der Waals surface area contributed by atoms with Crippen LogP contribution in [0.2, 0.25) is 0 Å². The molecule has 1 fully saturated rings. The van der Waals surface area contributed by atoms with Gasteiger partial charge in [-0.1, -0.05) is 0 Å². The smallest absolute Gasteiger partial charge is 0.272 e. The average molecular weight is 373 g/mol. The molecular formula is C14H21F2N7O3. The first-order valence-electron chi connectivity index (χ1n) is 7.96. The number of imidazole rings is 1. The Kier molecular flexibility index (Phi) is 5.03. The molecule has 1 unspecified atom stereocenters. The fraction of sp³-hybridized carbons (Fsp3) is 0.643. The largest absolute Gasteiger partial charge is 0.390 e. The summed E-state index contributed by atoms with van der Waals surface area (Å²) in [5.74, 6) is -2.96. The van der Waals surface area contributed by atoms with Gasteiger partial charge in [0.25, 0.3) is 5.92 Å². The maximum atomic E-state index is 13.4. The maximum Gasteiger partial charge on any atom is 0.272 e. The third kappa shape index (κ3) is 3.46. The van der Waals surface area contributed by atoms with E-state index >= 15 is 0 Å². The molecule has 4 atom stereocenters. The van der Waals surface area contributed by atoms with Crippen molar-refractivity contribution in [1.82, 2.24) is 24.4 Å². The van der Waals surface area contributed by atoms with Crippen molar-refractivity contribution in [3.8, 4) is 0 Å². The zero-order chi connectivity index (χ0) is 19.1. The van der Waals surface area contributed by atoms with Crippen molar-refractivity contribution in [1.29, 1.82) is 0 Å². The van der Waals surface area contributed by atoms with E-state index in [4.69, 9.17) is 16.2 Å². The number of nitrogen functional groups attached to an aromatic ring is 1. The Morgan fingerprint density at radius 3 is 2.88 bits per heavy atom. The third-order valence-electron chi connectivity index (χ3n) is 4.36. The first-order chi connectivity index (χ1) is 12.2. The number of fused-ring (bicyclic) bond motifs is 1. The molecule has 0 saturated carbocycles. The van der Waals surface area contributed by atoms with Gasteiger partial charge < -0.3 is 26.4 Å². The Hall–Kier alpha value is -1.99. The molecule has 3 rings (SSSR count). The Morgan fingerprint density at radius 1 is 1.46 bits per heavy atom. The van der Waals surface area contributed by atoms with Gasteiger partial charge in [-0.25, -0.2) is 23.7 Å². The number of alkyl halides is 2. The molecule has 144 valence electrons.